The largest absolute Gasteiger partial charge is 0.334 e. The highest BCUT2D eigenvalue weighted by atomic mass is 16.2. The Bertz CT molecular complexity index is 250. The van der Waals surface area contributed by atoms with Gasteiger partial charge in [-0.3, -0.25) is 4.79 Å². The van der Waals surface area contributed by atoms with Gasteiger partial charge in [0.05, 0.1) is 6.04 Å². The maximum absolute atomic E-state index is 12.0. The van der Waals surface area contributed by atoms with Gasteiger partial charge < -0.3 is 15.5 Å². The molecule has 0 aromatic rings. The van der Waals surface area contributed by atoms with Crippen molar-refractivity contribution in [2.45, 2.75) is 44.3 Å². The van der Waals surface area contributed by atoms with E-state index in [2.05, 4.69) is 16.8 Å². The van der Waals surface area contributed by atoms with E-state index in [9.17, 15) is 4.79 Å². The van der Waals surface area contributed by atoms with Crippen LogP contribution in [0.15, 0.2) is 0 Å². The molecule has 15 heavy (non-hydrogen) atoms. The second-order valence-electron chi connectivity index (χ2n) is 4.97. The van der Waals surface area contributed by atoms with Crippen LogP contribution in [0, 0.1) is 0 Å². The van der Waals surface area contributed by atoms with Crippen LogP contribution in [0.5, 0.6) is 0 Å². The van der Waals surface area contributed by atoms with Crippen LogP contribution >= 0.6 is 0 Å². The average Bonchev–Trinajstić information content (AvgIpc) is 2.90. The smallest absolute Gasteiger partial charge is 0.239 e. The predicted octanol–water partition coefficient (Wildman–Crippen LogP) is 0.0287. The number of amides is 1. The van der Waals surface area contributed by atoms with E-state index in [0.717, 1.165) is 19.5 Å². The number of likely N-dealkylation sites (N-methyl/N-ethyl adjacent to an activating group) is 1. The van der Waals surface area contributed by atoms with Crippen molar-refractivity contribution in [1.82, 2.24) is 9.80 Å². The Labute approximate surface area is 91.4 Å². The molecule has 0 aromatic heterocycles. The monoisotopic (exact) mass is 211 g/mol. The summed E-state index contributed by atoms with van der Waals surface area (Å²) in [5, 5.41) is 0. The highest BCUT2D eigenvalue weighted by molar-refractivity contribution is 5.82. The second kappa shape index (κ2) is 4.10. The quantitative estimate of drug-likeness (QED) is 0.716. The number of rotatable bonds is 3. The van der Waals surface area contributed by atoms with E-state index in [1.807, 2.05) is 0 Å². The molecule has 2 atom stereocenters. The first kappa shape index (κ1) is 10.9. The summed E-state index contributed by atoms with van der Waals surface area (Å²) in [4.78, 5) is 16.4. The fourth-order valence-electron chi connectivity index (χ4n) is 2.38. The first-order chi connectivity index (χ1) is 7.09. The Morgan fingerprint density at radius 2 is 2.07 bits per heavy atom. The zero-order chi connectivity index (χ0) is 11.0. The van der Waals surface area contributed by atoms with Crippen molar-refractivity contribution in [3.05, 3.63) is 0 Å². The molecule has 1 aliphatic carbocycles. The van der Waals surface area contributed by atoms with E-state index < -0.39 is 0 Å². The molecule has 2 fully saturated rings. The normalized spacial score (nSPS) is 29.1. The van der Waals surface area contributed by atoms with Gasteiger partial charge in [0, 0.05) is 18.6 Å². The molecule has 0 unspecified atom stereocenters. The van der Waals surface area contributed by atoms with Crippen LogP contribution in [-0.2, 0) is 4.79 Å². The number of carbonyl (C=O) groups excluding carboxylic acids is 1. The molecule has 1 heterocycles. The van der Waals surface area contributed by atoms with Gasteiger partial charge in [-0.25, -0.2) is 0 Å². The zero-order valence-corrected chi connectivity index (χ0v) is 9.65. The van der Waals surface area contributed by atoms with E-state index in [-0.39, 0.29) is 11.9 Å². The zero-order valence-electron chi connectivity index (χ0n) is 9.65. The molecule has 86 valence electrons. The van der Waals surface area contributed by atoms with E-state index in [1.165, 1.54) is 12.8 Å². The molecule has 4 nitrogen and oxygen atoms in total. The van der Waals surface area contributed by atoms with Crippen molar-refractivity contribution in [1.29, 1.82) is 0 Å². The van der Waals surface area contributed by atoms with Gasteiger partial charge in [-0.05, 0) is 39.8 Å². The van der Waals surface area contributed by atoms with Crippen LogP contribution in [-0.4, -0.2) is 54.0 Å². The second-order valence-corrected chi connectivity index (χ2v) is 4.97. The van der Waals surface area contributed by atoms with Crippen molar-refractivity contribution < 1.29 is 4.79 Å². The number of hydrogen-bond acceptors (Lipinski definition) is 3. The first-order valence-electron chi connectivity index (χ1n) is 5.86. The Morgan fingerprint density at radius 3 is 2.47 bits per heavy atom. The van der Waals surface area contributed by atoms with Crippen molar-refractivity contribution in [2.75, 3.05) is 20.1 Å². The van der Waals surface area contributed by atoms with Gasteiger partial charge in [-0.1, -0.05) is 0 Å². The minimum absolute atomic E-state index is 0.137. The first-order valence-corrected chi connectivity index (χ1v) is 5.86. The van der Waals surface area contributed by atoms with Gasteiger partial charge in [0.25, 0.3) is 0 Å². The summed E-state index contributed by atoms with van der Waals surface area (Å²) >= 11 is 0. The van der Waals surface area contributed by atoms with Crippen LogP contribution in [0.1, 0.15) is 26.2 Å². The summed E-state index contributed by atoms with van der Waals surface area (Å²) in [6.45, 7) is 3.89. The lowest BCUT2D eigenvalue weighted by Crippen LogP contribution is -2.49. The minimum Gasteiger partial charge on any atom is -0.334 e. The highest BCUT2D eigenvalue weighted by Gasteiger charge is 2.40. The summed E-state index contributed by atoms with van der Waals surface area (Å²) in [6.07, 6.45) is 3.43. The van der Waals surface area contributed by atoms with E-state index in [4.69, 9.17) is 5.73 Å². The molecule has 1 saturated heterocycles. The predicted molar refractivity (Wildman–Crippen MR) is 59.4 cm³/mol. The number of carbonyl (C=O) groups is 1. The van der Waals surface area contributed by atoms with Crippen LogP contribution in [0.4, 0.5) is 0 Å². The van der Waals surface area contributed by atoms with Gasteiger partial charge >= 0.3 is 0 Å². The van der Waals surface area contributed by atoms with Gasteiger partial charge in [0.15, 0.2) is 0 Å². The summed E-state index contributed by atoms with van der Waals surface area (Å²) in [5.41, 5.74) is 5.70. The summed E-state index contributed by atoms with van der Waals surface area (Å²) in [7, 11) is 2.11. The molecular formula is C11H21N3O. The lowest BCUT2D eigenvalue weighted by molar-refractivity contribution is -0.135. The van der Waals surface area contributed by atoms with Crippen molar-refractivity contribution in [2.24, 2.45) is 5.73 Å². The molecule has 2 rings (SSSR count). The van der Waals surface area contributed by atoms with Crippen molar-refractivity contribution in [3.63, 3.8) is 0 Å². The Kier molecular flexibility index (Phi) is 2.98. The molecule has 2 aliphatic rings. The summed E-state index contributed by atoms with van der Waals surface area (Å²) in [6, 6.07) is 0.539. The third-order valence-electron chi connectivity index (χ3n) is 3.34. The minimum atomic E-state index is -0.350. The molecule has 1 amide bonds. The molecule has 4 heteroatoms. The third-order valence-corrected chi connectivity index (χ3v) is 3.34. The summed E-state index contributed by atoms with van der Waals surface area (Å²) in [5.74, 6) is 0.137. The Balaban J connectivity index is 2.03. The number of nitrogens with two attached hydrogens (primary N) is 1. The molecule has 2 N–H and O–H groups in total. The van der Waals surface area contributed by atoms with E-state index in [0.29, 0.717) is 12.1 Å². The number of hydrogen-bond donors (Lipinski definition) is 1. The van der Waals surface area contributed by atoms with Gasteiger partial charge in [-0.2, -0.15) is 0 Å². The van der Waals surface area contributed by atoms with E-state index >= 15 is 0 Å². The molecule has 0 aromatic carbocycles. The lowest BCUT2D eigenvalue weighted by Gasteiger charge is -2.30. The van der Waals surface area contributed by atoms with Crippen LogP contribution in [0.2, 0.25) is 0 Å². The summed E-state index contributed by atoms with van der Waals surface area (Å²) < 4.78 is 0. The van der Waals surface area contributed by atoms with Crippen molar-refractivity contribution >= 4 is 5.91 Å². The maximum atomic E-state index is 12.0. The van der Waals surface area contributed by atoms with Gasteiger partial charge in [-0.15, -0.1) is 0 Å². The topological polar surface area (TPSA) is 49.6 Å². The van der Waals surface area contributed by atoms with Gasteiger partial charge in [0.1, 0.15) is 0 Å². The third kappa shape index (κ3) is 2.32. The Morgan fingerprint density at radius 1 is 1.40 bits per heavy atom. The molecular weight excluding hydrogens is 190 g/mol. The number of likely N-dealkylation sites (tertiary alicyclic amines) is 1. The molecule has 0 spiro atoms. The molecule has 1 saturated carbocycles. The highest BCUT2D eigenvalue weighted by Crippen LogP contribution is 2.31. The lowest BCUT2D eigenvalue weighted by atomic mass is 10.2. The fourth-order valence-corrected chi connectivity index (χ4v) is 2.38. The van der Waals surface area contributed by atoms with Crippen molar-refractivity contribution in [3.8, 4) is 0 Å². The maximum Gasteiger partial charge on any atom is 0.239 e. The van der Waals surface area contributed by atoms with Gasteiger partial charge in [0.2, 0.25) is 5.91 Å². The van der Waals surface area contributed by atoms with Crippen LogP contribution in [0.25, 0.3) is 0 Å². The fraction of sp³-hybridized carbons (Fsp3) is 0.909. The molecule has 1 aliphatic heterocycles. The standard InChI is InChI=1S/C11H21N3O/c1-8(12)11(15)14(9-3-4-9)10-5-6-13(2)7-10/h8-10H,3-7,12H2,1-2H3/t8-,10+/m0/s1. The molecule has 0 radical (unpaired) electrons. The Hall–Kier alpha value is -0.610. The number of nitrogens with zero attached hydrogens (tertiary/aromatic N) is 2. The van der Waals surface area contributed by atoms with Crippen LogP contribution in [0.3, 0.4) is 0 Å². The van der Waals surface area contributed by atoms with Crippen LogP contribution < -0.4 is 5.73 Å². The van der Waals surface area contributed by atoms with E-state index in [1.54, 1.807) is 6.92 Å². The molecule has 0 bridgehead atoms. The SMILES string of the molecule is C[C@H](N)C(=O)N(C1CC1)[C@@H]1CCN(C)C1. The average molecular weight is 211 g/mol.